The molecule has 0 amide bonds. The Hall–Kier alpha value is -1.60. The van der Waals surface area contributed by atoms with E-state index in [0.29, 0.717) is 16.7 Å². The summed E-state index contributed by atoms with van der Waals surface area (Å²) in [7, 11) is 0. The number of nitrogens with zero attached hydrogens (tertiary/aromatic N) is 2. The van der Waals surface area contributed by atoms with Crippen molar-refractivity contribution < 1.29 is 9.15 Å². The molecule has 0 aliphatic carbocycles. The number of halogens is 1. The predicted molar refractivity (Wildman–Crippen MR) is 109 cm³/mol. The number of thiocarbonyl (C=S) groups is 1. The van der Waals surface area contributed by atoms with Crippen LogP contribution in [0.2, 0.25) is 5.02 Å². The van der Waals surface area contributed by atoms with Gasteiger partial charge in [0.15, 0.2) is 5.11 Å². The van der Waals surface area contributed by atoms with E-state index in [1.807, 2.05) is 36.4 Å². The largest absolute Gasteiger partial charge is 0.467 e. The number of anilines is 1. The van der Waals surface area contributed by atoms with Gasteiger partial charge in [0.25, 0.3) is 0 Å². The molecule has 1 aromatic heterocycles. The molecule has 0 spiro atoms. The number of nitrogens with one attached hydrogen (secondary N) is 1. The fraction of sp³-hybridized carbons (Fsp3) is 0.421. The van der Waals surface area contributed by atoms with Gasteiger partial charge in [-0.2, -0.15) is 0 Å². The lowest BCUT2D eigenvalue weighted by molar-refractivity contribution is 0.0367. The number of furan rings is 1. The highest BCUT2D eigenvalue weighted by molar-refractivity contribution is 7.80. The Morgan fingerprint density at radius 3 is 2.65 bits per heavy atom. The molecule has 26 heavy (non-hydrogen) atoms. The molecule has 1 aromatic carbocycles. The van der Waals surface area contributed by atoms with Crippen LogP contribution >= 0.6 is 23.8 Å². The van der Waals surface area contributed by atoms with Gasteiger partial charge in [0.05, 0.1) is 26.0 Å². The Balaban J connectivity index is 1.56. The molecule has 0 radical (unpaired) electrons. The van der Waals surface area contributed by atoms with Crippen molar-refractivity contribution in [3.63, 3.8) is 0 Å². The average Bonchev–Trinajstić information content (AvgIpc) is 3.17. The molecule has 2 aromatic rings. The van der Waals surface area contributed by atoms with Crippen molar-refractivity contribution in [3.8, 4) is 0 Å². The maximum absolute atomic E-state index is 5.95. The zero-order valence-corrected chi connectivity index (χ0v) is 16.3. The average molecular weight is 394 g/mol. The third-order valence-electron chi connectivity index (χ3n) is 4.32. The van der Waals surface area contributed by atoms with Gasteiger partial charge in [0.2, 0.25) is 0 Å². The van der Waals surface area contributed by atoms with Crippen LogP contribution in [0.4, 0.5) is 5.69 Å². The normalized spacial score (nSPS) is 15.0. The Morgan fingerprint density at radius 1 is 1.19 bits per heavy atom. The van der Waals surface area contributed by atoms with E-state index in [-0.39, 0.29) is 0 Å². The summed E-state index contributed by atoms with van der Waals surface area (Å²) >= 11 is 11.6. The van der Waals surface area contributed by atoms with Crippen LogP contribution in [0.5, 0.6) is 0 Å². The van der Waals surface area contributed by atoms with Crippen LogP contribution in [-0.4, -0.2) is 54.3 Å². The van der Waals surface area contributed by atoms with E-state index >= 15 is 0 Å². The molecule has 3 rings (SSSR count). The Morgan fingerprint density at radius 2 is 1.96 bits per heavy atom. The van der Waals surface area contributed by atoms with Gasteiger partial charge in [-0.3, -0.25) is 4.90 Å². The van der Waals surface area contributed by atoms with Gasteiger partial charge in [-0.15, -0.1) is 0 Å². The molecule has 0 saturated carbocycles. The van der Waals surface area contributed by atoms with Gasteiger partial charge in [0.1, 0.15) is 5.76 Å². The quantitative estimate of drug-likeness (QED) is 0.720. The fourth-order valence-electron chi connectivity index (χ4n) is 2.89. The Kier molecular flexibility index (Phi) is 7.32. The summed E-state index contributed by atoms with van der Waals surface area (Å²) in [6.45, 7) is 6.21. The van der Waals surface area contributed by atoms with Crippen molar-refractivity contribution in [2.24, 2.45) is 0 Å². The predicted octanol–water partition coefficient (Wildman–Crippen LogP) is 3.85. The first kappa shape index (κ1) is 19.2. The lowest BCUT2D eigenvalue weighted by Crippen LogP contribution is -2.39. The lowest BCUT2D eigenvalue weighted by atomic mass is 10.3. The number of morpholine rings is 1. The summed E-state index contributed by atoms with van der Waals surface area (Å²) in [6, 6.07) is 11.4. The van der Waals surface area contributed by atoms with E-state index < -0.39 is 0 Å². The summed E-state index contributed by atoms with van der Waals surface area (Å²) in [4.78, 5) is 4.58. The second kappa shape index (κ2) is 9.92. The number of rotatable bonds is 7. The van der Waals surface area contributed by atoms with Crippen molar-refractivity contribution in [3.05, 3.63) is 53.4 Å². The second-order valence-electron chi connectivity index (χ2n) is 6.25. The highest BCUT2D eigenvalue weighted by atomic mass is 35.5. The molecule has 1 N–H and O–H groups in total. The highest BCUT2D eigenvalue weighted by Crippen LogP contribution is 2.15. The number of benzene rings is 1. The topological polar surface area (TPSA) is 40.9 Å². The first-order chi connectivity index (χ1) is 12.7. The van der Waals surface area contributed by atoms with E-state index in [4.69, 9.17) is 33.0 Å². The van der Waals surface area contributed by atoms with Crippen molar-refractivity contribution in [2.45, 2.75) is 13.0 Å². The molecule has 1 fully saturated rings. The van der Waals surface area contributed by atoms with E-state index in [9.17, 15) is 0 Å². The minimum atomic E-state index is 0.648. The fourth-order valence-corrected chi connectivity index (χ4v) is 3.29. The van der Waals surface area contributed by atoms with Gasteiger partial charge in [-0.1, -0.05) is 11.6 Å². The van der Waals surface area contributed by atoms with Crippen LogP contribution in [0.15, 0.2) is 47.1 Å². The molecule has 1 aliphatic heterocycles. The van der Waals surface area contributed by atoms with E-state index in [0.717, 1.165) is 57.3 Å². The van der Waals surface area contributed by atoms with Crippen LogP contribution < -0.4 is 5.32 Å². The molecular formula is C19H24ClN3O2S. The van der Waals surface area contributed by atoms with E-state index in [2.05, 4.69) is 15.1 Å². The SMILES string of the molecule is S=C(Nc1ccc(Cl)cc1)N(CCCN1CCOCC1)Cc1ccco1. The maximum atomic E-state index is 5.95. The van der Waals surface area contributed by atoms with Crippen molar-refractivity contribution in [2.75, 3.05) is 44.7 Å². The first-order valence-electron chi connectivity index (χ1n) is 8.85. The first-order valence-corrected chi connectivity index (χ1v) is 9.63. The van der Waals surface area contributed by atoms with Crippen LogP contribution in [0.3, 0.4) is 0 Å². The van der Waals surface area contributed by atoms with Gasteiger partial charge < -0.3 is 19.4 Å². The Labute approximate surface area is 164 Å². The maximum Gasteiger partial charge on any atom is 0.173 e. The molecule has 2 heterocycles. The second-order valence-corrected chi connectivity index (χ2v) is 7.07. The Bertz CT molecular complexity index is 673. The molecule has 0 bridgehead atoms. The third kappa shape index (κ3) is 5.99. The number of hydrogen-bond acceptors (Lipinski definition) is 4. The monoisotopic (exact) mass is 393 g/mol. The summed E-state index contributed by atoms with van der Waals surface area (Å²) < 4.78 is 10.9. The van der Waals surface area contributed by atoms with E-state index in [1.165, 1.54) is 0 Å². The molecule has 0 atom stereocenters. The molecule has 1 aliphatic rings. The van der Waals surface area contributed by atoms with Crippen LogP contribution in [0.25, 0.3) is 0 Å². The molecule has 0 unspecified atom stereocenters. The minimum Gasteiger partial charge on any atom is -0.467 e. The van der Waals surface area contributed by atoms with Crippen LogP contribution in [0.1, 0.15) is 12.2 Å². The van der Waals surface area contributed by atoms with E-state index in [1.54, 1.807) is 6.26 Å². The van der Waals surface area contributed by atoms with Gasteiger partial charge in [0, 0.05) is 36.9 Å². The summed E-state index contributed by atoms with van der Waals surface area (Å²) in [5.41, 5.74) is 0.928. The van der Waals surface area contributed by atoms with Crippen molar-refractivity contribution in [1.82, 2.24) is 9.80 Å². The summed E-state index contributed by atoms with van der Waals surface area (Å²) in [5.74, 6) is 0.900. The van der Waals surface area contributed by atoms with Crippen molar-refractivity contribution in [1.29, 1.82) is 0 Å². The highest BCUT2D eigenvalue weighted by Gasteiger charge is 2.14. The number of ether oxygens (including phenoxy) is 1. The minimum absolute atomic E-state index is 0.648. The zero-order valence-electron chi connectivity index (χ0n) is 14.7. The summed E-state index contributed by atoms with van der Waals surface area (Å²) in [6.07, 6.45) is 2.72. The zero-order chi connectivity index (χ0) is 18.2. The smallest absolute Gasteiger partial charge is 0.173 e. The van der Waals surface area contributed by atoms with Crippen LogP contribution in [0, 0.1) is 0 Å². The van der Waals surface area contributed by atoms with Gasteiger partial charge in [-0.25, -0.2) is 0 Å². The van der Waals surface area contributed by atoms with Gasteiger partial charge in [-0.05, 0) is 55.0 Å². The third-order valence-corrected chi connectivity index (χ3v) is 4.93. The van der Waals surface area contributed by atoms with Gasteiger partial charge >= 0.3 is 0 Å². The molecule has 5 nitrogen and oxygen atoms in total. The van der Waals surface area contributed by atoms with Crippen molar-refractivity contribution >= 4 is 34.6 Å². The standard InChI is InChI=1S/C19H24ClN3O2S/c20-16-4-6-17(7-5-16)21-19(26)23(15-18-3-1-12-25-18)9-2-8-22-10-13-24-14-11-22/h1,3-7,12H,2,8-11,13-15H2,(H,21,26). The van der Waals surface area contributed by atoms with Crippen LogP contribution in [-0.2, 0) is 11.3 Å². The molecule has 1 saturated heterocycles. The molecule has 7 heteroatoms. The number of hydrogen-bond donors (Lipinski definition) is 1. The summed E-state index contributed by atoms with van der Waals surface area (Å²) in [5, 5.41) is 4.69. The molecule has 140 valence electrons. The molecular weight excluding hydrogens is 370 g/mol. The lowest BCUT2D eigenvalue weighted by Gasteiger charge is -2.29.